The Bertz CT molecular complexity index is 1770. The van der Waals surface area contributed by atoms with Crippen LogP contribution in [0.3, 0.4) is 0 Å². The van der Waals surface area contributed by atoms with Gasteiger partial charge in [-0.3, -0.25) is 9.59 Å². The number of likely N-dealkylation sites (N-methyl/N-ethyl adjacent to an activating group) is 1. The van der Waals surface area contributed by atoms with Gasteiger partial charge in [0.15, 0.2) is 0 Å². The number of hydrogen-bond donors (Lipinski definition) is 0. The molecule has 3 fully saturated rings. The van der Waals surface area contributed by atoms with Crippen LogP contribution >= 0.6 is 0 Å². The summed E-state index contributed by atoms with van der Waals surface area (Å²) in [5, 5.41) is 12.1. The number of carbonyl (C=O) groups excluding carboxylic acids is 2. The Morgan fingerprint density at radius 1 is 1.04 bits per heavy atom. The van der Waals surface area contributed by atoms with Crippen molar-refractivity contribution in [3.63, 3.8) is 0 Å². The molecule has 3 aliphatic heterocycles. The fourth-order valence-electron chi connectivity index (χ4n) is 7.54. The highest BCUT2D eigenvalue weighted by molar-refractivity contribution is 5.97. The Morgan fingerprint density at radius 3 is 2.54 bits per heavy atom. The molecule has 48 heavy (non-hydrogen) atoms. The fraction of sp³-hybridized carbons (Fsp3) is 0.486. The first-order valence-electron chi connectivity index (χ1n) is 17.1. The Hall–Kier alpha value is -4.69. The van der Waals surface area contributed by atoms with Gasteiger partial charge in [-0.15, -0.1) is 0 Å². The van der Waals surface area contributed by atoms with Crippen molar-refractivity contribution in [2.45, 2.75) is 45.2 Å². The van der Waals surface area contributed by atoms with Gasteiger partial charge in [-0.05, 0) is 56.3 Å². The maximum atomic E-state index is 13.6. The maximum Gasteiger partial charge on any atom is 0.318 e. The Labute approximate surface area is 282 Å². The minimum atomic E-state index is -0.517. The first-order chi connectivity index (χ1) is 23.3. The number of nitriles is 1. The van der Waals surface area contributed by atoms with Gasteiger partial charge in [0, 0.05) is 69.0 Å². The van der Waals surface area contributed by atoms with Crippen LogP contribution in [0.5, 0.6) is 6.01 Å². The minimum Gasteiger partial charge on any atom is -0.462 e. The molecule has 7 rings (SSSR count). The van der Waals surface area contributed by atoms with Crippen molar-refractivity contribution in [2.75, 3.05) is 75.8 Å². The topological polar surface area (TPSA) is 109 Å². The Balaban J connectivity index is 1.19. The third-order valence-corrected chi connectivity index (χ3v) is 10.6. The van der Waals surface area contributed by atoms with Gasteiger partial charge in [-0.25, -0.2) is 0 Å². The molecule has 0 bridgehead atoms. The van der Waals surface area contributed by atoms with Crippen LogP contribution in [0.15, 0.2) is 49.1 Å². The van der Waals surface area contributed by atoms with Crippen LogP contribution in [0, 0.1) is 23.7 Å². The zero-order valence-electron chi connectivity index (χ0n) is 28.0. The molecule has 1 aromatic heterocycles. The van der Waals surface area contributed by atoms with E-state index >= 15 is 0 Å². The second kappa shape index (κ2) is 13.1. The molecule has 2 aromatic carbocycles. The zero-order chi connectivity index (χ0) is 33.4. The van der Waals surface area contributed by atoms with E-state index in [1.165, 1.54) is 28.1 Å². The average Bonchev–Trinajstić information content (AvgIpc) is 3.91. The molecule has 3 aromatic rings. The zero-order valence-corrected chi connectivity index (χ0v) is 28.0. The van der Waals surface area contributed by atoms with E-state index in [1.807, 2.05) is 4.90 Å². The molecule has 1 unspecified atom stereocenters. The van der Waals surface area contributed by atoms with Crippen molar-refractivity contribution in [3.8, 4) is 12.1 Å². The normalized spacial score (nSPS) is 20.6. The lowest BCUT2D eigenvalue weighted by Crippen LogP contribution is -2.55. The van der Waals surface area contributed by atoms with Crippen LogP contribution in [0.25, 0.3) is 10.8 Å². The molecular formula is C37H44N8O3. The largest absolute Gasteiger partial charge is 0.462 e. The standard InChI is InChI=1S/C37H44N8O3/c1-4-32(46)45-22-21-44(23-28(45)11-15-38)34-29-12-16-43(31-10-6-9-27-8-5-7-26(2)33(27)31)24-30(29)39-36(40-34)48-25-37(13-14-37)35(47)42-19-17-41(3)18-20-42/h4-10,28H,1,11-14,16-25H2,2-3H3. The number of benzene rings is 2. The van der Waals surface area contributed by atoms with Gasteiger partial charge in [0.1, 0.15) is 12.4 Å². The molecule has 2 amide bonds. The number of nitrogens with zero attached hydrogens (tertiary/aromatic N) is 8. The molecule has 11 heteroatoms. The van der Waals surface area contributed by atoms with Crippen molar-refractivity contribution in [1.82, 2.24) is 24.7 Å². The van der Waals surface area contributed by atoms with E-state index in [4.69, 9.17) is 14.7 Å². The molecule has 11 nitrogen and oxygen atoms in total. The van der Waals surface area contributed by atoms with E-state index in [0.29, 0.717) is 26.2 Å². The maximum absolute atomic E-state index is 13.6. The monoisotopic (exact) mass is 648 g/mol. The number of ether oxygens (including phenoxy) is 1. The number of rotatable bonds is 8. The SMILES string of the molecule is C=CC(=O)N1CCN(c2nc(OCC3(C(=O)N4CCN(C)CC4)CC3)nc3c2CCN(c2cccc4cccc(C)c24)C3)CC1CC#N. The second-order valence-corrected chi connectivity index (χ2v) is 13.7. The number of aromatic nitrogens is 2. The molecule has 250 valence electrons. The molecule has 4 aliphatic rings. The molecule has 0 N–H and O–H groups in total. The number of fused-ring (bicyclic) bond motifs is 2. The number of hydrogen-bond acceptors (Lipinski definition) is 9. The lowest BCUT2D eigenvalue weighted by atomic mass is 9.99. The third-order valence-electron chi connectivity index (χ3n) is 10.6. The van der Waals surface area contributed by atoms with Crippen LogP contribution in [-0.4, -0.2) is 109 Å². The van der Waals surface area contributed by atoms with Gasteiger partial charge in [-0.1, -0.05) is 36.9 Å². The first kappa shape index (κ1) is 31.9. The summed E-state index contributed by atoms with van der Waals surface area (Å²) in [5.41, 5.74) is 3.87. The molecule has 0 spiro atoms. The smallest absolute Gasteiger partial charge is 0.318 e. The van der Waals surface area contributed by atoms with Crippen molar-refractivity contribution < 1.29 is 14.3 Å². The van der Waals surface area contributed by atoms with Gasteiger partial charge in [0.2, 0.25) is 11.8 Å². The number of piperazine rings is 2. The van der Waals surface area contributed by atoms with E-state index in [2.05, 4.69) is 77.7 Å². The average molecular weight is 649 g/mol. The van der Waals surface area contributed by atoms with Crippen molar-refractivity contribution in [1.29, 1.82) is 5.26 Å². The number of amides is 2. The van der Waals surface area contributed by atoms with Gasteiger partial charge >= 0.3 is 6.01 Å². The van der Waals surface area contributed by atoms with Crippen LogP contribution in [-0.2, 0) is 22.6 Å². The van der Waals surface area contributed by atoms with E-state index in [0.717, 1.165) is 69.1 Å². The van der Waals surface area contributed by atoms with Crippen LogP contribution in [0.4, 0.5) is 11.5 Å². The van der Waals surface area contributed by atoms with E-state index in [1.54, 1.807) is 4.90 Å². The summed E-state index contributed by atoms with van der Waals surface area (Å²) in [4.78, 5) is 46.8. The Kier molecular flexibility index (Phi) is 8.69. The third kappa shape index (κ3) is 6.05. The molecule has 1 saturated carbocycles. The minimum absolute atomic E-state index is 0.163. The van der Waals surface area contributed by atoms with E-state index < -0.39 is 5.41 Å². The van der Waals surface area contributed by atoms with Gasteiger partial charge in [0.25, 0.3) is 0 Å². The van der Waals surface area contributed by atoms with Gasteiger partial charge in [0.05, 0.1) is 36.2 Å². The molecular weight excluding hydrogens is 604 g/mol. The summed E-state index contributed by atoms with van der Waals surface area (Å²) in [6.45, 7) is 12.2. The quantitative estimate of drug-likeness (QED) is 0.339. The predicted octanol–water partition coefficient (Wildman–Crippen LogP) is 3.55. The van der Waals surface area contributed by atoms with Crippen LogP contribution < -0.4 is 14.5 Å². The van der Waals surface area contributed by atoms with Crippen LogP contribution in [0.1, 0.15) is 36.1 Å². The Morgan fingerprint density at radius 2 is 1.81 bits per heavy atom. The summed E-state index contributed by atoms with van der Waals surface area (Å²) in [6, 6.07) is 15.1. The number of carbonyl (C=O) groups is 2. The summed E-state index contributed by atoms with van der Waals surface area (Å²) in [6.07, 6.45) is 3.89. The van der Waals surface area contributed by atoms with E-state index in [-0.39, 0.29) is 36.9 Å². The fourth-order valence-corrected chi connectivity index (χ4v) is 7.54. The molecule has 4 heterocycles. The molecule has 0 radical (unpaired) electrons. The summed E-state index contributed by atoms with van der Waals surface area (Å²) < 4.78 is 6.39. The van der Waals surface area contributed by atoms with Crippen LogP contribution in [0.2, 0.25) is 0 Å². The second-order valence-electron chi connectivity index (χ2n) is 13.7. The number of aryl methyl sites for hydroxylation is 1. The first-order valence-corrected chi connectivity index (χ1v) is 17.1. The van der Waals surface area contributed by atoms with Crippen molar-refractivity contribution >= 4 is 34.1 Å². The highest BCUT2D eigenvalue weighted by atomic mass is 16.5. The molecule has 1 atom stereocenters. The summed E-state index contributed by atoms with van der Waals surface area (Å²) in [7, 11) is 2.09. The lowest BCUT2D eigenvalue weighted by Gasteiger charge is -2.42. The van der Waals surface area contributed by atoms with Crippen molar-refractivity contribution in [3.05, 3.63) is 65.9 Å². The molecule has 1 aliphatic carbocycles. The molecule has 2 saturated heterocycles. The van der Waals surface area contributed by atoms with Gasteiger partial charge in [-0.2, -0.15) is 15.2 Å². The highest BCUT2D eigenvalue weighted by Gasteiger charge is 2.53. The summed E-state index contributed by atoms with van der Waals surface area (Å²) in [5.74, 6) is 0.811. The lowest BCUT2D eigenvalue weighted by molar-refractivity contribution is -0.139. The summed E-state index contributed by atoms with van der Waals surface area (Å²) >= 11 is 0. The van der Waals surface area contributed by atoms with E-state index in [9.17, 15) is 14.9 Å². The highest BCUT2D eigenvalue weighted by Crippen LogP contribution is 2.48. The predicted molar refractivity (Wildman–Crippen MR) is 185 cm³/mol. The van der Waals surface area contributed by atoms with Gasteiger partial charge < -0.3 is 29.2 Å². The van der Waals surface area contributed by atoms with Crippen molar-refractivity contribution in [2.24, 2.45) is 5.41 Å². The number of anilines is 2.